The lowest BCUT2D eigenvalue weighted by molar-refractivity contribution is -0.146. The molecular weight excluding hydrogens is 424 g/mol. The van der Waals surface area contributed by atoms with E-state index in [1.165, 1.54) is 13.1 Å². The number of carboxylic acids is 1. The lowest BCUT2D eigenvalue weighted by atomic mass is 10.0. The Bertz CT molecular complexity index is 991. The molecule has 32 heavy (non-hydrogen) atoms. The topological polar surface area (TPSA) is 169 Å². The number of aromatic amines is 1. The van der Waals surface area contributed by atoms with E-state index in [2.05, 4.69) is 15.6 Å². The number of ether oxygens (including phenoxy) is 2. The maximum Gasteiger partial charge on any atom is 0.407 e. The number of aliphatic carboxylic acids is 1. The maximum atomic E-state index is 12.9. The van der Waals surface area contributed by atoms with Crippen molar-refractivity contribution in [3.8, 4) is 0 Å². The molecule has 12 heteroatoms. The summed E-state index contributed by atoms with van der Waals surface area (Å²) in [4.78, 5) is 62.8. The van der Waals surface area contributed by atoms with Gasteiger partial charge in [0.15, 0.2) is 6.10 Å². The van der Waals surface area contributed by atoms with Crippen LogP contribution in [-0.4, -0.2) is 56.4 Å². The summed E-state index contributed by atoms with van der Waals surface area (Å²) in [5.74, 6) is -2.38. The third-order valence-electron chi connectivity index (χ3n) is 4.77. The van der Waals surface area contributed by atoms with Gasteiger partial charge in [-0.15, -0.1) is 0 Å². The van der Waals surface area contributed by atoms with Crippen LogP contribution >= 0.6 is 0 Å². The van der Waals surface area contributed by atoms with Crippen LogP contribution in [-0.2, 0) is 19.1 Å². The zero-order valence-electron chi connectivity index (χ0n) is 18.9. The molecule has 0 unspecified atom stereocenters. The smallest absolute Gasteiger partial charge is 0.407 e. The predicted molar refractivity (Wildman–Crippen MR) is 112 cm³/mol. The first-order valence-electron chi connectivity index (χ1n) is 10.2. The molecule has 0 aromatic carbocycles. The number of rotatable bonds is 6. The van der Waals surface area contributed by atoms with Crippen LogP contribution in [0.2, 0.25) is 0 Å². The molecule has 178 valence electrons. The van der Waals surface area contributed by atoms with Crippen molar-refractivity contribution in [1.82, 2.24) is 20.2 Å². The Labute approximate surface area is 184 Å². The van der Waals surface area contributed by atoms with Gasteiger partial charge in [0.25, 0.3) is 11.5 Å². The quantitative estimate of drug-likeness (QED) is 0.474. The summed E-state index contributed by atoms with van der Waals surface area (Å²) in [6.45, 7) is 9.80. The van der Waals surface area contributed by atoms with E-state index in [4.69, 9.17) is 9.47 Å². The Morgan fingerprint density at radius 3 is 2.44 bits per heavy atom. The van der Waals surface area contributed by atoms with E-state index < -0.39 is 65.2 Å². The second-order valence-corrected chi connectivity index (χ2v) is 9.05. The Balaban J connectivity index is 2.32. The van der Waals surface area contributed by atoms with Crippen molar-refractivity contribution >= 4 is 18.0 Å². The van der Waals surface area contributed by atoms with E-state index in [-0.39, 0.29) is 12.0 Å². The summed E-state index contributed by atoms with van der Waals surface area (Å²) in [5, 5.41) is 14.3. The summed E-state index contributed by atoms with van der Waals surface area (Å²) in [7, 11) is 0. The first-order chi connectivity index (χ1) is 14.7. The maximum absolute atomic E-state index is 12.9. The van der Waals surface area contributed by atoms with Gasteiger partial charge in [-0.25, -0.2) is 14.4 Å². The molecule has 1 aliphatic rings. The number of hydrogen-bond donors (Lipinski definition) is 4. The standard InChI is InChI=1S/C20H30N4O8/c1-9(2)13(17(27)28)22-16(26)14-11(21-19(30)32-20(4,5)6)7-12(31-14)24-8-10(3)15(25)23-18(24)29/h8-9,11-14H,7H2,1-6H3,(H,21,30)(H,22,26)(H,27,28)(H,23,25,29)/t11-,12+,13-,14-/m0/s1. The van der Waals surface area contributed by atoms with Crippen LogP contribution in [0.15, 0.2) is 15.8 Å². The summed E-state index contributed by atoms with van der Waals surface area (Å²) in [6, 6.07) is -2.10. The molecule has 12 nitrogen and oxygen atoms in total. The Morgan fingerprint density at radius 2 is 1.91 bits per heavy atom. The highest BCUT2D eigenvalue weighted by atomic mass is 16.6. The number of carbonyl (C=O) groups excluding carboxylic acids is 2. The second-order valence-electron chi connectivity index (χ2n) is 9.05. The van der Waals surface area contributed by atoms with Gasteiger partial charge in [0.2, 0.25) is 0 Å². The van der Waals surface area contributed by atoms with E-state index >= 15 is 0 Å². The highest BCUT2D eigenvalue weighted by Gasteiger charge is 2.43. The Morgan fingerprint density at radius 1 is 1.28 bits per heavy atom. The van der Waals surface area contributed by atoms with Gasteiger partial charge in [-0.2, -0.15) is 0 Å². The van der Waals surface area contributed by atoms with Crippen LogP contribution in [0.4, 0.5) is 4.79 Å². The normalized spacial score (nSPS) is 21.8. The van der Waals surface area contributed by atoms with Gasteiger partial charge in [-0.1, -0.05) is 13.8 Å². The van der Waals surface area contributed by atoms with Crippen LogP contribution in [0, 0.1) is 12.8 Å². The lowest BCUT2D eigenvalue weighted by Crippen LogP contribution is -2.53. The number of H-pyrrole nitrogens is 1. The predicted octanol–water partition coefficient (Wildman–Crippen LogP) is 0.251. The zero-order valence-corrected chi connectivity index (χ0v) is 18.9. The molecule has 1 aromatic heterocycles. The van der Waals surface area contributed by atoms with Gasteiger partial charge in [0, 0.05) is 18.2 Å². The minimum atomic E-state index is -1.30. The molecule has 2 amide bonds. The molecule has 4 N–H and O–H groups in total. The summed E-state index contributed by atoms with van der Waals surface area (Å²) in [5.41, 5.74) is -1.83. The third kappa shape index (κ3) is 6.19. The van der Waals surface area contributed by atoms with Gasteiger partial charge in [0.1, 0.15) is 17.9 Å². The molecule has 1 fully saturated rings. The average Bonchev–Trinajstić information content (AvgIpc) is 3.03. The fourth-order valence-corrected chi connectivity index (χ4v) is 3.23. The largest absolute Gasteiger partial charge is 0.480 e. The molecule has 1 aliphatic heterocycles. The molecule has 0 radical (unpaired) electrons. The van der Waals surface area contributed by atoms with Crippen molar-refractivity contribution in [2.45, 2.75) is 78.0 Å². The summed E-state index contributed by atoms with van der Waals surface area (Å²) < 4.78 is 12.1. The number of carboxylic acid groups (broad SMARTS) is 1. The van der Waals surface area contributed by atoms with Gasteiger partial charge in [0.05, 0.1) is 6.04 Å². The van der Waals surface area contributed by atoms with Crippen molar-refractivity contribution in [2.24, 2.45) is 5.92 Å². The van der Waals surface area contributed by atoms with Crippen molar-refractivity contribution in [3.05, 3.63) is 32.6 Å². The van der Waals surface area contributed by atoms with E-state index in [9.17, 15) is 29.1 Å². The van der Waals surface area contributed by atoms with Gasteiger partial charge in [-0.05, 0) is 33.6 Å². The molecule has 0 spiro atoms. The third-order valence-corrected chi connectivity index (χ3v) is 4.77. The first kappa shape index (κ1) is 25.1. The van der Waals surface area contributed by atoms with Crippen LogP contribution in [0.25, 0.3) is 0 Å². The first-order valence-corrected chi connectivity index (χ1v) is 10.2. The van der Waals surface area contributed by atoms with E-state index in [0.717, 1.165) is 4.57 Å². The molecule has 2 heterocycles. The highest BCUT2D eigenvalue weighted by molar-refractivity contribution is 5.87. The van der Waals surface area contributed by atoms with E-state index in [1.807, 2.05) is 0 Å². The Kier molecular flexibility index (Phi) is 7.50. The SMILES string of the molecule is Cc1cn([C@H]2C[C@H](NC(=O)OC(C)(C)C)[C@@H](C(=O)N[C@H](C(=O)O)C(C)C)O2)c(=O)[nH]c1=O. The van der Waals surface area contributed by atoms with Crippen LogP contribution in [0.3, 0.4) is 0 Å². The van der Waals surface area contributed by atoms with Crippen molar-refractivity contribution in [3.63, 3.8) is 0 Å². The van der Waals surface area contributed by atoms with Crippen LogP contribution < -0.4 is 21.9 Å². The number of hydrogen-bond acceptors (Lipinski definition) is 7. The molecule has 0 aliphatic carbocycles. The van der Waals surface area contributed by atoms with Crippen molar-refractivity contribution in [1.29, 1.82) is 0 Å². The van der Waals surface area contributed by atoms with Gasteiger partial charge < -0.3 is 25.2 Å². The monoisotopic (exact) mass is 454 g/mol. The molecule has 4 atom stereocenters. The minimum Gasteiger partial charge on any atom is -0.480 e. The van der Waals surface area contributed by atoms with Crippen LogP contribution in [0.1, 0.15) is 52.8 Å². The molecule has 1 aromatic rings. The molecule has 2 rings (SSSR count). The molecule has 0 bridgehead atoms. The zero-order chi connectivity index (χ0) is 24.4. The summed E-state index contributed by atoms with van der Waals surface area (Å²) in [6.07, 6.45) is -1.79. The average molecular weight is 454 g/mol. The number of carbonyl (C=O) groups is 3. The Hall–Kier alpha value is -3.15. The minimum absolute atomic E-state index is 0.00212. The van der Waals surface area contributed by atoms with E-state index in [0.29, 0.717) is 0 Å². The number of aromatic nitrogens is 2. The highest BCUT2D eigenvalue weighted by Crippen LogP contribution is 2.28. The number of alkyl carbamates (subject to hydrolysis) is 1. The number of amides is 2. The number of nitrogens with zero attached hydrogens (tertiary/aromatic N) is 1. The second kappa shape index (κ2) is 9.55. The van der Waals surface area contributed by atoms with Gasteiger partial charge in [-0.3, -0.25) is 19.1 Å². The number of nitrogens with one attached hydrogen (secondary N) is 3. The van der Waals surface area contributed by atoms with Crippen LogP contribution in [0.5, 0.6) is 0 Å². The fourth-order valence-electron chi connectivity index (χ4n) is 3.23. The fraction of sp³-hybridized carbons (Fsp3) is 0.650. The van der Waals surface area contributed by atoms with Gasteiger partial charge >= 0.3 is 17.8 Å². The number of aryl methyl sites for hydroxylation is 1. The van der Waals surface area contributed by atoms with Crippen molar-refractivity contribution in [2.75, 3.05) is 0 Å². The molecule has 0 saturated carbocycles. The van der Waals surface area contributed by atoms with Crippen molar-refractivity contribution < 1.29 is 29.0 Å². The van der Waals surface area contributed by atoms with E-state index in [1.54, 1.807) is 34.6 Å². The molecular formula is C20H30N4O8. The lowest BCUT2D eigenvalue weighted by Gasteiger charge is -2.25. The summed E-state index contributed by atoms with van der Waals surface area (Å²) >= 11 is 0. The molecule has 1 saturated heterocycles.